The van der Waals surface area contributed by atoms with Gasteiger partial charge in [-0.3, -0.25) is 4.79 Å². The van der Waals surface area contributed by atoms with Crippen LogP contribution >= 0.6 is 0 Å². The number of aliphatic hydroxyl groups is 1. The van der Waals surface area contributed by atoms with Crippen LogP contribution in [0.25, 0.3) is 0 Å². The Balaban J connectivity index is 2.63. The van der Waals surface area contributed by atoms with Gasteiger partial charge in [0.25, 0.3) is 5.91 Å². The molecule has 1 unspecified atom stereocenters. The number of amides is 1. The summed E-state index contributed by atoms with van der Waals surface area (Å²) in [7, 11) is 0. The summed E-state index contributed by atoms with van der Waals surface area (Å²) in [6.45, 7) is 7.52. The molecule has 1 rings (SSSR count). The molecule has 2 atom stereocenters. The molecule has 1 amide bonds. The molecule has 0 spiro atoms. The smallest absolute Gasteiger partial charge is 0.260 e. The van der Waals surface area contributed by atoms with Crippen LogP contribution in [-0.2, 0) is 4.79 Å². The molecule has 0 aliphatic heterocycles. The first kappa shape index (κ1) is 16.5. The van der Waals surface area contributed by atoms with Crippen LogP contribution in [0.1, 0.15) is 52.2 Å². The molecule has 4 heteroatoms. The zero-order valence-electron chi connectivity index (χ0n) is 12.7. The maximum absolute atomic E-state index is 12.0. The summed E-state index contributed by atoms with van der Waals surface area (Å²) in [5.41, 5.74) is 0.773. The van der Waals surface area contributed by atoms with E-state index in [4.69, 9.17) is 4.74 Å². The molecular weight excluding hydrogens is 254 g/mol. The van der Waals surface area contributed by atoms with E-state index in [0.717, 1.165) is 18.4 Å². The molecular formula is C16H25NO3. The summed E-state index contributed by atoms with van der Waals surface area (Å²) in [6, 6.07) is 7.37. The first-order chi connectivity index (χ1) is 9.47. The average Bonchev–Trinajstić information content (AvgIpc) is 2.44. The molecule has 0 radical (unpaired) electrons. The van der Waals surface area contributed by atoms with Crippen molar-refractivity contribution in [2.75, 3.05) is 0 Å². The van der Waals surface area contributed by atoms with Crippen LogP contribution in [0.15, 0.2) is 24.3 Å². The van der Waals surface area contributed by atoms with Gasteiger partial charge in [0.1, 0.15) is 5.75 Å². The van der Waals surface area contributed by atoms with Gasteiger partial charge in [0, 0.05) is 6.04 Å². The molecule has 0 bridgehead atoms. The van der Waals surface area contributed by atoms with Gasteiger partial charge in [0.2, 0.25) is 0 Å². The van der Waals surface area contributed by atoms with E-state index in [2.05, 4.69) is 5.32 Å². The highest BCUT2D eigenvalue weighted by atomic mass is 16.5. The third-order valence-electron chi connectivity index (χ3n) is 3.35. The summed E-state index contributed by atoms with van der Waals surface area (Å²) >= 11 is 0. The molecule has 0 fully saturated rings. The van der Waals surface area contributed by atoms with Crippen LogP contribution in [0, 0.1) is 0 Å². The molecule has 4 nitrogen and oxygen atoms in total. The van der Waals surface area contributed by atoms with E-state index < -0.39 is 12.2 Å². The summed E-state index contributed by atoms with van der Waals surface area (Å²) in [5, 5.41) is 12.5. The second-order valence-electron chi connectivity index (χ2n) is 5.03. The Morgan fingerprint density at radius 1 is 1.30 bits per heavy atom. The van der Waals surface area contributed by atoms with Gasteiger partial charge in [0.15, 0.2) is 6.10 Å². The second kappa shape index (κ2) is 7.90. The van der Waals surface area contributed by atoms with Gasteiger partial charge in [-0.15, -0.1) is 0 Å². The molecule has 2 N–H and O–H groups in total. The standard InChI is InChI=1S/C16H25NO3/c1-5-14(6-2)17-16(19)12(4)20-15-9-7-8-13(10-15)11(3)18/h7-12,14,18H,5-6H2,1-4H3,(H,17,19)/t11-,12?/m0/s1. The zero-order chi connectivity index (χ0) is 15.1. The maximum Gasteiger partial charge on any atom is 0.260 e. The number of carbonyl (C=O) groups is 1. The number of benzene rings is 1. The number of hydrogen-bond donors (Lipinski definition) is 2. The summed E-state index contributed by atoms with van der Waals surface area (Å²) in [6.07, 6.45) is 0.714. The molecule has 0 saturated carbocycles. The van der Waals surface area contributed by atoms with Crippen molar-refractivity contribution in [3.63, 3.8) is 0 Å². The molecule has 20 heavy (non-hydrogen) atoms. The fraction of sp³-hybridized carbons (Fsp3) is 0.562. The molecule has 0 aromatic heterocycles. The molecule has 0 aliphatic rings. The van der Waals surface area contributed by atoms with Crippen molar-refractivity contribution in [2.45, 2.75) is 58.8 Å². The molecule has 0 saturated heterocycles. The number of nitrogens with one attached hydrogen (secondary N) is 1. The Kier molecular flexibility index (Phi) is 6.52. The Labute approximate surface area is 121 Å². The van der Waals surface area contributed by atoms with Crippen molar-refractivity contribution in [1.29, 1.82) is 0 Å². The van der Waals surface area contributed by atoms with Crippen LogP contribution in [0.3, 0.4) is 0 Å². The molecule has 112 valence electrons. The van der Waals surface area contributed by atoms with Gasteiger partial charge in [0.05, 0.1) is 6.10 Å². The van der Waals surface area contributed by atoms with E-state index in [9.17, 15) is 9.90 Å². The highest BCUT2D eigenvalue weighted by molar-refractivity contribution is 5.81. The van der Waals surface area contributed by atoms with Crippen molar-refractivity contribution >= 4 is 5.91 Å². The fourth-order valence-electron chi connectivity index (χ4n) is 1.92. The zero-order valence-corrected chi connectivity index (χ0v) is 12.7. The minimum Gasteiger partial charge on any atom is -0.481 e. The van der Waals surface area contributed by atoms with Crippen molar-refractivity contribution in [2.24, 2.45) is 0 Å². The van der Waals surface area contributed by atoms with Crippen molar-refractivity contribution < 1.29 is 14.6 Å². The van der Waals surface area contributed by atoms with Crippen molar-refractivity contribution in [3.05, 3.63) is 29.8 Å². The highest BCUT2D eigenvalue weighted by Gasteiger charge is 2.17. The van der Waals surface area contributed by atoms with Gasteiger partial charge < -0.3 is 15.2 Å². The average molecular weight is 279 g/mol. The van der Waals surface area contributed by atoms with E-state index in [-0.39, 0.29) is 11.9 Å². The third kappa shape index (κ3) is 4.85. The van der Waals surface area contributed by atoms with E-state index in [1.54, 1.807) is 26.0 Å². The summed E-state index contributed by atoms with van der Waals surface area (Å²) in [5.74, 6) is 0.483. The Morgan fingerprint density at radius 2 is 1.95 bits per heavy atom. The van der Waals surface area contributed by atoms with Gasteiger partial charge >= 0.3 is 0 Å². The normalized spacial score (nSPS) is 13.9. The van der Waals surface area contributed by atoms with Crippen molar-refractivity contribution in [1.82, 2.24) is 5.32 Å². The largest absolute Gasteiger partial charge is 0.481 e. The van der Waals surface area contributed by atoms with Crippen molar-refractivity contribution in [3.8, 4) is 5.75 Å². The van der Waals surface area contributed by atoms with Crippen LogP contribution in [0.4, 0.5) is 0 Å². The topological polar surface area (TPSA) is 58.6 Å². The lowest BCUT2D eigenvalue weighted by Crippen LogP contribution is -2.42. The Hall–Kier alpha value is -1.55. The highest BCUT2D eigenvalue weighted by Crippen LogP contribution is 2.19. The lowest BCUT2D eigenvalue weighted by molar-refractivity contribution is -0.128. The predicted octanol–water partition coefficient (Wildman–Crippen LogP) is 2.81. The molecule has 0 heterocycles. The van der Waals surface area contributed by atoms with E-state index >= 15 is 0 Å². The lowest BCUT2D eigenvalue weighted by atomic mass is 10.1. The maximum atomic E-state index is 12.0. The first-order valence-corrected chi connectivity index (χ1v) is 7.22. The quantitative estimate of drug-likeness (QED) is 0.807. The third-order valence-corrected chi connectivity index (χ3v) is 3.35. The minimum atomic E-state index is -0.556. The summed E-state index contributed by atoms with van der Waals surface area (Å²) < 4.78 is 5.63. The van der Waals surface area contributed by atoms with E-state index in [1.165, 1.54) is 0 Å². The van der Waals surface area contributed by atoms with Crippen LogP contribution in [-0.4, -0.2) is 23.2 Å². The number of carbonyl (C=O) groups excluding carboxylic acids is 1. The Morgan fingerprint density at radius 3 is 2.50 bits per heavy atom. The van der Waals surface area contributed by atoms with Gasteiger partial charge in [-0.1, -0.05) is 26.0 Å². The van der Waals surface area contributed by atoms with Gasteiger partial charge in [-0.05, 0) is 44.4 Å². The van der Waals surface area contributed by atoms with Crippen LogP contribution in [0.2, 0.25) is 0 Å². The monoisotopic (exact) mass is 279 g/mol. The Bertz CT molecular complexity index is 427. The van der Waals surface area contributed by atoms with E-state index in [1.807, 2.05) is 26.0 Å². The fourth-order valence-corrected chi connectivity index (χ4v) is 1.92. The minimum absolute atomic E-state index is 0.110. The van der Waals surface area contributed by atoms with Gasteiger partial charge in [-0.25, -0.2) is 0 Å². The number of rotatable bonds is 7. The lowest BCUT2D eigenvalue weighted by Gasteiger charge is -2.19. The summed E-state index contributed by atoms with van der Waals surface area (Å²) in [4.78, 5) is 12.0. The SMILES string of the molecule is CCC(CC)NC(=O)C(C)Oc1cccc([C@H](C)O)c1. The molecule has 1 aromatic rings. The number of hydrogen-bond acceptors (Lipinski definition) is 3. The predicted molar refractivity (Wildman–Crippen MR) is 79.7 cm³/mol. The van der Waals surface area contributed by atoms with Crippen LogP contribution in [0.5, 0.6) is 5.75 Å². The number of ether oxygens (including phenoxy) is 1. The molecule has 1 aromatic carbocycles. The molecule has 0 aliphatic carbocycles. The second-order valence-corrected chi connectivity index (χ2v) is 5.03. The number of aliphatic hydroxyl groups excluding tert-OH is 1. The van der Waals surface area contributed by atoms with Crippen LogP contribution < -0.4 is 10.1 Å². The van der Waals surface area contributed by atoms with E-state index in [0.29, 0.717) is 5.75 Å². The van der Waals surface area contributed by atoms with Gasteiger partial charge in [-0.2, -0.15) is 0 Å². The first-order valence-electron chi connectivity index (χ1n) is 7.22.